The minimum atomic E-state index is -4.65. The van der Waals surface area contributed by atoms with Gasteiger partial charge in [0.05, 0.1) is 16.5 Å². The van der Waals surface area contributed by atoms with Gasteiger partial charge >= 0.3 is 6.18 Å². The fraction of sp³-hybridized carbons (Fsp3) is 0.520. The van der Waals surface area contributed by atoms with Crippen LogP contribution in [0, 0.1) is 5.92 Å². The Hall–Kier alpha value is -2.88. The second-order valence-electron chi connectivity index (χ2n) is 9.45. The van der Waals surface area contributed by atoms with Crippen LogP contribution in [-0.4, -0.2) is 72.3 Å². The summed E-state index contributed by atoms with van der Waals surface area (Å²) in [6.07, 6.45) is -3.40. The van der Waals surface area contributed by atoms with E-state index in [4.69, 9.17) is 23.2 Å². The van der Waals surface area contributed by atoms with Crippen LogP contribution in [0.1, 0.15) is 56.0 Å². The minimum absolute atomic E-state index is 0.0444. The van der Waals surface area contributed by atoms with E-state index in [1.54, 1.807) is 0 Å². The number of carbonyl (C=O) groups is 3. The van der Waals surface area contributed by atoms with Crippen molar-refractivity contribution in [2.75, 3.05) is 30.0 Å². The number of alkyl halides is 3. The van der Waals surface area contributed by atoms with E-state index >= 15 is 0 Å². The molecule has 1 aliphatic rings. The van der Waals surface area contributed by atoms with Crippen LogP contribution >= 0.6 is 23.2 Å². The second kappa shape index (κ2) is 15.0. The quantitative estimate of drug-likeness (QED) is 0.269. The summed E-state index contributed by atoms with van der Waals surface area (Å²) in [5, 5.41) is 5.77. The molecule has 1 aromatic heterocycles. The number of ketones is 3. The summed E-state index contributed by atoms with van der Waals surface area (Å²) in [5.74, 6) is -2.60. The molecule has 17 heteroatoms. The number of hydrogen-bond donors (Lipinski definition) is 2. The Labute approximate surface area is 250 Å². The van der Waals surface area contributed by atoms with Crippen LogP contribution in [0.3, 0.4) is 0 Å². The molecule has 0 aliphatic heterocycles. The molecule has 0 radical (unpaired) electrons. The van der Waals surface area contributed by atoms with Gasteiger partial charge in [-0.25, -0.2) is 8.42 Å². The first-order valence-electron chi connectivity index (χ1n) is 12.6. The lowest BCUT2D eigenvalue weighted by Gasteiger charge is -2.20. The van der Waals surface area contributed by atoms with Crippen molar-refractivity contribution in [3.8, 4) is 0 Å². The molecule has 0 saturated heterocycles. The number of anilines is 2. The van der Waals surface area contributed by atoms with Crippen molar-refractivity contribution in [1.29, 1.82) is 0 Å². The van der Waals surface area contributed by atoms with Crippen molar-refractivity contribution in [2.24, 2.45) is 5.92 Å². The predicted molar refractivity (Wildman–Crippen MR) is 150 cm³/mol. The van der Waals surface area contributed by atoms with E-state index in [0.29, 0.717) is 18.3 Å². The monoisotopic (exact) mass is 655 g/mol. The molecule has 42 heavy (non-hydrogen) atoms. The molecule has 0 bridgehead atoms. The molecular formula is C25H30Cl2F3N5O6S. The molecule has 1 fully saturated rings. The van der Waals surface area contributed by atoms with E-state index in [0.717, 1.165) is 24.9 Å². The van der Waals surface area contributed by atoms with Crippen LogP contribution in [0.5, 0.6) is 0 Å². The van der Waals surface area contributed by atoms with Crippen molar-refractivity contribution in [2.45, 2.75) is 63.8 Å². The maximum absolute atomic E-state index is 12.7. The van der Waals surface area contributed by atoms with Gasteiger partial charge in [-0.15, -0.1) is 0 Å². The average Bonchev–Trinajstić information content (AvgIpc) is 2.83. The van der Waals surface area contributed by atoms with Crippen LogP contribution in [-0.2, 0) is 30.8 Å². The molecular weight excluding hydrogens is 626 g/mol. The lowest BCUT2D eigenvalue weighted by atomic mass is 9.81. The molecule has 0 amide bonds. The van der Waals surface area contributed by atoms with Crippen LogP contribution in [0.15, 0.2) is 17.0 Å². The number of carbonyl (C=O) groups excluding carboxylic acids is 3. The van der Waals surface area contributed by atoms with Gasteiger partial charge in [-0.3, -0.25) is 14.4 Å². The van der Waals surface area contributed by atoms with Gasteiger partial charge in [0.25, 0.3) is 0 Å². The SMILES string of the molecule is CCNc1nc(Cl)nc(NC(C)C)n1.CS(=O)(=O)c1ccc(C(=O)C2C(=O)CCCC2=O)c(Cl)c1COCC(F)(F)F. The normalized spacial score (nSPS) is 14.4. The number of rotatable bonds is 10. The maximum atomic E-state index is 12.7. The smallest absolute Gasteiger partial charge is 0.367 e. The third kappa shape index (κ3) is 10.4. The molecule has 0 unspecified atom stereocenters. The van der Waals surface area contributed by atoms with Crippen LogP contribution in [0.2, 0.25) is 10.3 Å². The molecule has 2 aromatic rings. The fourth-order valence-corrected chi connectivity index (χ4v) is 5.26. The molecule has 11 nitrogen and oxygen atoms in total. The van der Waals surface area contributed by atoms with Crippen molar-refractivity contribution < 1.29 is 40.7 Å². The van der Waals surface area contributed by atoms with Gasteiger partial charge in [0.15, 0.2) is 27.2 Å². The zero-order chi connectivity index (χ0) is 31.8. The zero-order valence-electron chi connectivity index (χ0n) is 23.1. The average molecular weight is 657 g/mol. The number of nitrogens with one attached hydrogen (secondary N) is 2. The molecule has 0 spiro atoms. The first kappa shape index (κ1) is 35.3. The fourth-order valence-electron chi connectivity index (χ4n) is 3.81. The van der Waals surface area contributed by atoms with Crippen LogP contribution in [0.4, 0.5) is 25.1 Å². The maximum Gasteiger partial charge on any atom is 0.411 e. The molecule has 1 saturated carbocycles. The summed E-state index contributed by atoms with van der Waals surface area (Å²) in [7, 11) is -3.90. The highest BCUT2D eigenvalue weighted by molar-refractivity contribution is 7.90. The van der Waals surface area contributed by atoms with Gasteiger partial charge in [0.2, 0.25) is 17.2 Å². The number of benzene rings is 1. The van der Waals surface area contributed by atoms with E-state index in [1.165, 1.54) is 0 Å². The zero-order valence-corrected chi connectivity index (χ0v) is 25.5. The van der Waals surface area contributed by atoms with Crippen molar-refractivity contribution >= 4 is 62.3 Å². The van der Waals surface area contributed by atoms with E-state index in [-0.39, 0.29) is 35.3 Å². The Morgan fingerprint density at radius 2 is 1.69 bits per heavy atom. The highest BCUT2D eigenvalue weighted by Gasteiger charge is 2.38. The summed E-state index contributed by atoms with van der Waals surface area (Å²) >= 11 is 11.8. The lowest BCUT2D eigenvalue weighted by Crippen LogP contribution is -2.35. The van der Waals surface area contributed by atoms with E-state index in [9.17, 15) is 36.0 Å². The second-order valence-corrected chi connectivity index (χ2v) is 12.1. The van der Waals surface area contributed by atoms with Crippen molar-refractivity contribution in [3.63, 3.8) is 0 Å². The third-order valence-corrected chi connectivity index (χ3v) is 7.27. The van der Waals surface area contributed by atoms with Gasteiger partial charge < -0.3 is 15.4 Å². The van der Waals surface area contributed by atoms with Crippen LogP contribution < -0.4 is 10.6 Å². The van der Waals surface area contributed by atoms with Crippen LogP contribution in [0.25, 0.3) is 0 Å². The number of Topliss-reactive ketones (excluding diaryl/α,β-unsaturated/α-hetero) is 3. The largest absolute Gasteiger partial charge is 0.411 e. The van der Waals surface area contributed by atoms with Gasteiger partial charge in [0, 0.05) is 42.8 Å². The van der Waals surface area contributed by atoms with Crippen molar-refractivity contribution in [1.82, 2.24) is 15.0 Å². The predicted octanol–water partition coefficient (Wildman–Crippen LogP) is 4.72. The number of ether oxygens (including phenoxy) is 1. The Morgan fingerprint density at radius 1 is 1.10 bits per heavy atom. The van der Waals surface area contributed by atoms with Gasteiger partial charge in [-0.1, -0.05) is 11.6 Å². The molecule has 0 atom stereocenters. The molecule has 2 N–H and O–H groups in total. The minimum Gasteiger partial charge on any atom is -0.367 e. The van der Waals surface area contributed by atoms with Gasteiger partial charge in [0.1, 0.15) is 12.5 Å². The Bertz CT molecular complexity index is 1410. The highest BCUT2D eigenvalue weighted by atomic mass is 35.5. The Kier molecular flexibility index (Phi) is 12.6. The van der Waals surface area contributed by atoms with E-state index in [2.05, 4.69) is 30.3 Å². The number of sulfone groups is 1. The molecule has 1 aromatic carbocycles. The summed E-state index contributed by atoms with van der Waals surface area (Å²) in [4.78, 5) is 48.3. The highest BCUT2D eigenvalue weighted by Crippen LogP contribution is 2.32. The van der Waals surface area contributed by atoms with Gasteiger partial charge in [-0.2, -0.15) is 28.1 Å². The molecule has 232 valence electrons. The topological polar surface area (TPSA) is 157 Å². The van der Waals surface area contributed by atoms with E-state index < -0.39 is 62.4 Å². The molecule has 1 aliphatic carbocycles. The number of aromatic nitrogens is 3. The van der Waals surface area contributed by atoms with Crippen molar-refractivity contribution in [3.05, 3.63) is 33.6 Å². The summed E-state index contributed by atoms with van der Waals surface area (Å²) in [5.41, 5.74) is -0.650. The molecule has 3 rings (SSSR count). The summed E-state index contributed by atoms with van der Waals surface area (Å²) in [6.45, 7) is 4.25. The number of nitrogens with zero attached hydrogens (tertiary/aromatic N) is 3. The lowest BCUT2D eigenvalue weighted by molar-refractivity contribution is -0.176. The first-order valence-corrected chi connectivity index (χ1v) is 15.3. The number of hydrogen-bond acceptors (Lipinski definition) is 11. The molecule has 1 heterocycles. The van der Waals surface area contributed by atoms with E-state index in [1.807, 2.05) is 20.8 Å². The standard InChI is InChI=1S/C17H16ClF3O6S.C8H14ClN5/c1-28(25,26)13-6-5-9(15(18)10(13)7-27-8-17(19,20)21)16(24)14-11(22)3-2-4-12(14)23;1-4-10-7-12-6(9)13-8(14-7)11-5(2)3/h5-6,14H,2-4,7-8H2,1H3;5H,4H2,1-3H3,(H2,10,11,12,13,14). The Morgan fingerprint density at radius 3 is 2.21 bits per heavy atom. The third-order valence-electron chi connectivity index (χ3n) is 5.49. The summed E-state index contributed by atoms with van der Waals surface area (Å²) < 4.78 is 65.3. The summed E-state index contributed by atoms with van der Waals surface area (Å²) in [6, 6.07) is 2.31. The first-order chi connectivity index (χ1) is 19.4. The van der Waals surface area contributed by atoms with Gasteiger partial charge in [-0.05, 0) is 50.9 Å². The Balaban J connectivity index is 0.000000369. The number of halogens is 5.